The summed E-state index contributed by atoms with van der Waals surface area (Å²) in [6, 6.07) is 14.1. The number of hydrogen-bond donors (Lipinski definition) is 1. The number of carbonyl (C=O) groups excluding carboxylic acids is 2. The molecule has 1 fully saturated rings. The van der Waals surface area contributed by atoms with E-state index in [0.29, 0.717) is 12.1 Å². The van der Waals surface area contributed by atoms with Crippen molar-refractivity contribution in [2.45, 2.75) is 45.1 Å². The van der Waals surface area contributed by atoms with Gasteiger partial charge in [-0.05, 0) is 62.7 Å². The van der Waals surface area contributed by atoms with E-state index in [1.807, 2.05) is 0 Å². The molecule has 0 aliphatic carbocycles. The van der Waals surface area contributed by atoms with Gasteiger partial charge in [0.05, 0.1) is 6.04 Å². The van der Waals surface area contributed by atoms with E-state index in [4.69, 9.17) is 0 Å². The molecule has 0 aromatic heterocycles. The van der Waals surface area contributed by atoms with Crippen LogP contribution >= 0.6 is 0 Å². The highest BCUT2D eigenvalue weighted by atomic mass is 19.1. The fourth-order valence-electron chi connectivity index (χ4n) is 3.78. The van der Waals surface area contributed by atoms with Crippen LogP contribution in [0.3, 0.4) is 0 Å². The van der Waals surface area contributed by atoms with Gasteiger partial charge in [-0.25, -0.2) is 4.39 Å². The summed E-state index contributed by atoms with van der Waals surface area (Å²) in [6.07, 6.45) is 3.88. The summed E-state index contributed by atoms with van der Waals surface area (Å²) < 4.78 is 13.0. The lowest BCUT2D eigenvalue weighted by Gasteiger charge is -2.35. The van der Waals surface area contributed by atoms with Crippen LogP contribution in [0.1, 0.15) is 59.6 Å². The van der Waals surface area contributed by atoms with Gasteiger partial charge in [0, 0.05) is 24.9 Å². The van der Waals surface area contributed by atoms with E-state index in [2.05, 4.69) is 41.4 Å². The summed E-state index contributed by atoms with van der Waals surface area (Å²) >= 11 is 0. The molecule has 0 radical (unpaired) electrons. The molecule has 0 bridgehead atoms. The molecule has 0 spiro atoms. The molecule has 154 valence electrons. The number of nitrogens with zero attached hydrogens (tertiary/aromatic N) is 1. The van der Waals surface area contributed by atoms with Crippen molar-refractivity contribution in [1.29, 1.82) is 0 Å². The minimum atomic E-state index is -0.376. The molecule has 3 rings (SSSR count). The van der Waals surface area contributed by atoms with E-state index in [9.17, 15) is 14.0 Å². The first-order valence-electron chi connectivity index (χ1n) is 10.4. The number of hydrogen-bond acceptors (Lipinski definition) is 3. The van der Waals surface area contributed by atoms with Crippen LogP contribution in [-0.2, 0) is 4.79 Å². The van der Waals surface area contributed by atoms with Crippen LogP contribution in [0.5, 0.6) is 0 Å². The van der Waals surface area contributed by atoms with Crippen LogP contribution < -0.4 is 5.32 Å². The molecule has 1 saturated heterocycles. The predicted molar refractivity (Wildman–Crippen MR) is 112 cm³/mol. The van der Waals surface area contributed by atoms with Crippen molar-refractivity contribution in [2.75, 3.05) is 19.6 Å². The van der Waals surface area contributed by atoms with E-state index in [1.165, 1.54) is 54.7 Å². The largest absolute Gasteiger partial charge is 0.354 e. The topological polar surface area (TPSA) is 49.4 Å². The number of aryl methyl sites for hydroxylation is 1. The van der Waals surface area contributed by atoms with Gasteiger partial charge >= 0.3 is 0 Å². The first-order chi connectivity index (χ1) is 14.0. The zero-order chi connectivity index (χ0) is 20.6. The Kier molecular flexibility index (Phi) is 7.53. The van der Waals surface area contributed by atoms with Crippen LogP contribution in [-0.4, -0.2) is 36.2 Å². The van der Waals surface area contributed by atoms with Gasteiger partial charge < -0.3 is 5.32 Å². The molecule has 1 amide bonds. The number of halogens is 1. The van der Waals surface area contributed by atoms with E-state index in [0.717, 1.165) is 13.1 Å². The van der Waals surface area contributed by atoms with Gasteiger partial charge in [-0.15, -0.1) is 0 Å². The summed E-state index contributed by atoms with van der Waals surface area (Å²) in [5.74, 6) is -0.653. The number of ketones is 1. The summed E-state index contributed by atoms with van der Waals surface area (Å²) in [4.78, 5) is 27.0. The monoisotopic (exact) mass is 396 g/mol. The fourth-order valence-corrected chi connectivity index (χ4v) is 3.78. The highest BCUT2D eigenvalue weighted by Gasteiger charge is 2.23. The molecule has 1 aliphatic heterocycles. The zero-order valence-electron chi connectivity index (χ0n) is 17.0. The molecule has 2 aromatic rings. The van der Waals surface area contributed by atoms with Crippen molar-refractivity contribution in [2.24, 2.45) is 0 Å². The molecule has 5 heteroatoms. The van der Waals surface area contributed by atoms with Crippen LogP contribution in [0, 0.1) is 12.7 Å². The molecular weight excluding hydrogens is 367 g/mol. The van der Waals surface area contributed by atoms with Gasteiger partial charge in [-0.3, -0.25) is 14.5 Å². The quantitative estimate of drug-likeness (QED) is 0.671. The van der Waals surface area contributed by atoms with Gasteiger partial charge in [-0.1, -0.05) is 36.2 Å². The summed E-state index contributed by atoms with van der Waals surface area (Å²) in [5, 5.41) is 3.02. The number of nitrogens with one attached hydrogen (secondary N) is 1. The molecule has 0 saturated carbocycles. The Bertz CT molecular complexity index is 812. The Morgan fingerprint density at radius 1 is 0.966 bits per heavy atom. The standard InChI is InChI=1S/C24H29FN2O2/c1-18-5-7-19(8-6-18)22(27-15-3-2-4-16-27)17-26-24(29)14-13-23(28)20-9-11-21(25)12-10-20/h5-12,22H,2-4,13-17H2,1H3,(H,26,29). The fraction of sp³-hybridized carbons (Fsp3) is 0.417. The Morgan fingerprint density at radius 3 is 2.28 bits per heavy atom. The minimum absolute atomic E-state index is 0.121. The molecule has 29 heavy (non-hydrogen) atoms. The Morgan fingerprint density at radius 2 is 1.62 bits per heavy atom. The number of piperidine rings is 1. The minimum Gasteiger partial charge on any atom is -0.354 e. The van der Waals surface area contributed by atoms with E-state index < -0.39 is 0 Å². The van der Waals surface area contributed by atoms with Crippen molar-refractivity contribution < 1.29 is 14.0 Å². The lowest BCUT2D eigenvalue weighted by atomic mass is 10.0. The van der Waals surface area contributed by atoms with Crippen LogP contribution in [0.4, 0.5) is 4.39 Å². The molecular formula is C24H29FN2O2. The predicted octanol–water partition coefficient (Wildman–Crippen LogP) is 4.44. The first-order valence-corrected chi connectivity index (χ1v) is 10.4. The van der Waals surface area contributed by atoms with Crippen LogP contribution in [0.2, 0.25) is 0 Å². The maximum absolute atomic E-state index is 13.0. The SMILES string of the molecule is Cc1ccc(C(CNC(=O)CCC(=O)c2ccc(F)cc2)N2CCCCC2)cc1. The van der Waals surface area contributed by atoms with E-state index >= 15 is 0 Å². The number of Topliss-reactive ketones (excluding diaryl/α,β-unsaturated/α-hetero) is 1. The molecule has 2 aromatic carbocycles. The van der Waals surface area contributed by atoms with Gasteiger partial charge in [-0.2, -0.15) is 0 Å². The van der Waals surface area contributed by atoms with Crippen molar-refractivity contribution in [3.8, 4) is 0 Å². The lowest BCUT2D eigenvalue weighted by molar-refractivity contribution is -0.121. The van der Waals surface area contributed by atoms with Crippen molar-refractivity contribution >= 4 is 11.7 Å². The molecule has 1 heterocycles. The third-order valence-corrected chi connectivity index (χ3v) is 5.53. The van der Waals surface area contributed by atoms with Gasteiger partial charge in [0.25, 0.3) is 0 Å². The van der Waals surface area contributed by atoms with Crippen molar-refractivity contribution in [3.05, 3.63) is 71.0 Å². The third-order valence-electron chi connectivity index (χ3n) is 5.53. The summed E-state index contributed by atoms with van der Waals surface area (Å²) in [5.41, 5.74) is 2.86. The number of benzene rings is 2. The van der Waals surface area contributed by atoms with Gasteiger partial charge in [0.15, 0.2) is 5.78 Å². The highest BCUT2D eigenvalue weighted by molar-refractivity contribution is 5.97. The maximum Gasteiger partial charge on any atom is 0.220 e. The normalized spacial score (nSPS) is 15.7. The number of amides is 1. The highest BCUT2D eigenvalue weighted by Crippen LogP contribution is 2.24. The van der Waals surface area contributed by atoms with E-state index in [-0.39, 0.29) is 36.4 Å². The molecule has 1 N–H and O–H groups in total. The first kappa shape index (κ1) is 21.2. The zero-order valence-corrected chi connectivity index (χ0v) is 17.0. The number of likely N-dealkylation sites (tertiary alicyclic amines) is 1. The lowest BCUT2D eigenvalue weighted by Crippen LogP contribution is -2.40. The number of carbonyl (C=O) groups is 2. The average molecular weight is 397 g/mol. The van der Waals surface area contributed by atoms with E-state index in [1.54, 1.807) is 0 Å². The van der Waals surface area contributed by atoms with Crippen molar-refractivity contribution in [3.63, 3.8) is 0 Å². The Balaban J connectivity index is 1.55. The van der Waals surface area contributed by atoms with Gasteiger partial charge in [0.1, 0.15) is 5.82 Å². The molecule has 1 unspecified atom stereocenters. The van der Waals surface area contributed by atoms with Gasteiger partial charge in [0.2, 0.25) is 5.91 Å². The summed E-state index contributed by atoms with van der Waals surface area (Å²) in [7, 11) is 0. The molecule has 1 aliphatic rings. The Hall–Kier alpha value is -2.53. The van der Waals surface area contributed by atoms with Crippen LogP contribution in [0.15, 0.2) is 48.5 Å². The maximum atomic E-state index is 13.0. The second kappa shape index (κ2) is 10.3. The summed E-state index contributed by atoms with van der Waals surface area (Å²) in [6.45, 7) is 4.68. The van der Waals surface area contributed by atoms with Crippen molar-refractivity contribution in [1.82, 2.24) is 10.2 Å². The average Bonchev–Trinajstić information content (AvgIpc) is 2.74. The Labute approximate surface area is 172 Å². The van der Waals surface area contributed by atoms with Crippen LogP contribution in [0.25, 0.3) is 0 Å². The second-order valence-electron chi connectivity index (χ2n) is 7.76. The number of rotatable bonds is 8. The smallest absolute Gasteiger partial charge is 0.220 e. The molecule has 1 atom stereocenters. The second-order valence-corrected chi connectivity index (χ2v) is 7.76. The third kappa shape index (κ3) is 6.23. The molecule has 4 nitrogen and oxygen atoms in total.